The molecule has 120 valence electrons. The first kappa shape index (κ1) is 15.5. The fourth-order valence-electron chi connectivity index (χ4n) is 3.09. The highest BCUT2D eigenvalue weighted by molar-refractivity contribution is 5.94. The maximum atomic E-state index is 13.3. The van der Waals surface area contributed by atoms with Crippen LogP contribution in [0.25, 0.3) is 0 Å². The summed E-state index contributed by atoms with van der Waals surface area (Å²) in [7, 11) is 2.03. The number of benzene rings is 1. The molecule has 2 aromatic rings. The minimum Gasteiger partial charge on any atom is -0.373 e. The molecule has 4 nitrogen and oxygen atoms in total. The Labute approximate surface area is 135 Å². The number of anilines is 1. The lowest BCUT2D eigenvalue weighted by molar-refractivity contribution is 0.0740. The minimum absolute atomic E-state index is 0.135. The molecule has 1 atom stereocenters. The average molecular weight is 313 g/mol. The number of carbonyl (C=O) groups is 1. The van der Waals surface area contributed by atoms with Gasteiger partial charge in [-0.15, -0.1) is 0 Å². The smallest absolute Gasteiger partial charge is 0.255 e. The summed E-state index contributed by atoms with van der Waals surface area (Å²) in [4.78, 5) is 20.4. The van der Waals surface area contributed by atoms with Crippen LogP contribution in [-0.4, -0.2) is 42.0 Å². The fourth-order valence-corrected chi connectivity index (χ4v) is 3.09. The van der Waals surface area contributed by atoms with E-state index in [0.29, 0.717) is 12.1 Å². The molecule has 1 aliphatic rings. The van der Waals surface area contributed by atoms with Gasteiger partial charge in [0.1, 0.15) is 5.82 Å². The topological polar surface area (TPSA) is 36.4 Å². The lowest BCUT2D eigenvalue weighted by Gasteiger charge is -2.30. The van der Waals surface area contributed by atoms with Crippen LogP contribution in [0.3, 0.4) is 0 Å². The van der Waals surface area contributed by atoms with Crippen LogP contribution >= 0.6 is 0 Å². The van der Waals surface area contributed by atoms with Gasteiger partial charge >= 0.3 is 0 Å². The molecule has 5 heteroatoms. The molecule has 23 heavy (non-hydrogen) atoms. The molecule has 0 bridgehead atoms. The highest BCUT2D eigenvalue weighted by atomic mass is 19.1. The first-order valence-corrected chi connectivity index (χ1v) is 7.83. The molecule has 0 unspecified atom stereocenters. The first-order valence-electron chi connectivity index (χ1n) is 7.83. The third-order valence-electron chi connectivity index (χ3n) is 4.27. The van der Waals surface area contributed by atoms with Gasteiger partial charge in [0.2, 0.25) is 0 Å². The lowest BCUT2D eigenvalue weighted by atomic mass is 10.1. The van der Waals surface area contributed by atoms with Gasteiger partial charge in [0.05, 0.1) is 11.8 Å². The van der Waals surface area contributed by atoms with Crippen LogP contribution in [0, 0.1) is 5.82 Å². The van der Waals surface area contributed by atoms with Crippen molar-refractivity contribution in [2.75, 3.05) is 25.0 Å². The molecule has 1 saturated heterocycles. The average Bonchev–Trinajstić information content (AvgIpc) is 3.03. The Bertz CT molecular complexity index is 677. The van der Waals surface area contributed by atoms with Gasteiger partial charge in [-0.25, -0.2) is 4.39 Å². The van der Waals surface area contributed by atoms with Gasteiger partial charge in [0.15, 0.2) is 0 Å². The Morgan fingerprint density at radius 3 is 2.87 bits per heavy atom. The Morgan fingerprint density at radius 2 is 2.13 bits per heavy atom. The number of aromatic nitrogens is 1. The molecule has 0 aliphatic carbocycles. The molecular weight excluding hydrogens is 293 g/mol. The lowest BCUT2D eigenvalue weighted by Crippen LogP contribution is -2.42. The van der Waals surface area contributed by atoms with E-state index in [1.54, 1.807) is 0 Å². The third-order valence-corrected chi connectivity index (χ3v) is 4.27. The highest BCUT2D eigenvalue weighted by Gasteiger charge is 2.30. The standard InChI is InChI=1S/C18H20FN3O/c1-21(16-6-3-2-4-7-16)13-17-8-5-9-22(17)18(23)14-10-15(19)12-20-11-14/h2-4,6-7,10-12,17H,5,8-9,13H2,1H3/t17-/m0/s1. The van der Waals surface area contributed by atoms with E-state index in [2.05, 4.69) is 22.0 Å². The van der Waals surface area contributed by atoms with Crippen molar-refractivity contribution in [3.63, 3.8) is 0 Å². The Kier molecular flexibility index (Phi) is 4.55. The molecule has 0 N–H and O–H groups in total. The number of carbonyl (C=O) groups excluding carboxylic acids is 1. The maximum Gasteiger partial charge on any atom is 0.255 e. The van der Waals surface area contributed by atoms with Crippen molar-refractivity contribution >= 4 is 11.6 Å². The number of pyridine rings is 1. The summed E-state index contributed by atoms with van der Waals surface area (Å²) < 4.78 is 13.3. The molecule has 0 spiro atoms. The summed E-state index contributed by atoms with van der Waals surface area (Å²) in [6.45, 7) is 1.47. The van der Waals surface area contributed by atoms with E-state index in [0.717, 1.165) is 31.3 Å². The van der Waals surface area contributed by atoms with Gasteiger partial charge in [0, 0.05) is 38.1 Å². The Balaban J connectivity index is 1.71. The second kappa shape index (κ2) is 6.77. The number of para-hydroxylation sites is 1. The molecule has 0 saturated carbocycles. The van der Waals surface area contributed by atoms with Gasteiger partial charge in [-0.2, -0.15) is 0 Å². The van der Waals surface area contributed by atoms with Crippen LogP contribution in [0.15, 0.2) is 48.8 Å². The number of nitrogens with zero attached hydrogens (tertiary/aromatic N) is 3. The highest BCUT2D eigenvalue weighted by Crippen LogP contribution is 2.22. The normalized spacial score (nSPS) is 17.3. The van der Waals surface area contributed by atoms with E-state index >= 15 is 0 Å². The predicted octanol–water partition coefficient (Wildman–Crippen LogP) is 2.96. The van der Waals surface area contributed by atoms with Crippen molar-refractivity contribution in [3.05, 3.63) is 60.2 Å². The van der Waals surface area contributed by atoms with Crippen LogP contribution in [-0.2, 0) is 0 Å². The van der Waals surface area contributed by atoms with Gasteiger partial charge in [-0.05, 0) is 31.0 Å². The van der Waals surface area contributed by atoms with Crippen LogP contribution in [0.2, 0.25) is 0 Å². The van der Waals surface area contributed by atoms with Gasteiger partial charge in [0.25, 0.3) is 5.91 Å². The van der Waals surface area contributed by atoms with Crippen molar-refractivity contribution < 1.29 is 9.18 Å². The van der Waals surface area contributed by atoms with E-state index in [9.17, 15) is 9.18 Å². The van der Waals surface area contributed by atoms with E-state index in [4.69, 9.17) is 0 Å². The SMILES string of the molecule is CN(C[C@@H]1CCCN1C(=O)c1cncc(F)c1)c1ccccc1. The largest absolute Gasteiger partial charge is 0.373 e. The van der Waals surface area contributed by atoms with Crippen molar-refractivity contribution in [2.45, 2.75) is 18.9 Å². The maximum absolute atomic E-state index is 13.3. The quantitative estimate of drug-likeness (QED) is 0.871. The second-order valence-corrected chi connectivity index (χ2v) is 5.90. The first-order chi connectivity index (χ1) is 11.1. The summed E-state index contributed by atoms with van der Waals surface area (Å²) in [5.41, 5.74) is 1.44. The van der Waals surface area contributed by atoms with Gasteiger partial charge in [-0.1, -0.05) is 18.2 Å². The number of halogens is 1. The number of hydrogen-bond acceptors (Lipinski definition) is 3. The van der Waals surface area contributed by atoms with Crippen LogP contribution in [0.1, 0.15) is 23.2 Å². The predicted molar refractivity (Wildman–Crippen MR) is 88.0 cm³/mol. The summed E-state index contributed by atoms with van der Waals surface area (Å²) in [5, 5.41) is 0. The van der Waals surface area contributed by atoms with E-state index in [-0.39, 0.29) is 11.9 Å². The molecule has 0 radical (unpaired) electrons. The van der Waals surface area contributed by atoms with Crippen LogP contribution in [0.5, 0.6) is 0 Å². The molecule has 1 aromatic heterocycles. The van der Waals surface area contributed by atoms with E-state index < -0.39 is 5.82 Å². The van der Waals surface area contributed by atoms with Crippen molar-refractivity contribution in [2.24, 2.45) is 0 Å². The molecule has 1 amide bonds. The zero-order chi connectivity index (χ0) is 16.2. The Hall–Kier alpha value is -2.43. The van der Waals surface area contributed by atoms with Crippen LogP contribution < -0.4 is 4.90 Å². The molecule has 2 heterocycles. The summed E-state index contributed by atoms with van der Waals surface area (Å²) >= 11 is 0. The number of rotatable bonds is 4. The van der Waals surface area contributed by atoms with Crippen molar-refractivity contribution in [1.29, 1.82) is 0 Å². The second-order valence-electron chi connectivity index (χ2n) is 5.90. The third kappa shape index (κ3) is 3.50. The zero-order valence-electron chi connectivity index (χ0n) is 13.2. The summed E-state index contributed by atoms with van der Waals surface area (Å²) in [6.07, 6.45) is 4.48. The van der Waals surface area contributed by atoms with Crippen molar-refractivity contribution in [1.82, 2.24) is 9.88 Å². The van der Waals surface area contributed by atoms with Crippen LogP contribution in [0.4, 0.5) is 10.1 Å². The van der Waals surface area contributed by atoms with Crippen molar-refractivity contribution in [3.8, 4) is 0 Å². The van der Waals surface area contributed by atoms with E-state index in [1.165, 1.54) is 12.3 Å². The van der Waals surface area contributed by atoms with Gasteiger partial charge < -0.3 is 9.80 Å². The molecule has 1 aromatic carbocycles. The number of hydrogen-bond donors (Lipinski definition) is 0. The fraction of sp³-hybridized carbons (Fsp3) is 0.333. The molecule has 1 aliphatic heterocycles. The molecule has 3 rings (SSSR count). The van der Waals surface area contributed by atoms with E-state index in [1.807, 2.05) is 30.1 Å². The molecule has 1 fully saturated rings. The number of amides is 1. The number of likely N-dealkylation sites (tertiary alicyclic amines) is 1. The summed E-state index contributed by atoms with van der Waals surface area (Å²) in [5.74, 6) is -0.617. The minimum atomic E-state index is -0.479. The molecular formula is C18H20FN3O. The number of likely N-dealkylation sites (N-methyl/N-ethyl adjacent to an activating group) is 1. The zero-order valence-corrected chi connectivity index (χ0v) is 13.2. The monoisotopic (exact) mass is 313 g/mol. The summed E-state index contributed by atoms with van der Waals surface area (Å²) in [6, 6.07) is 11.5. The van der Waals surface area contributed by atoms with Gasteiger partial charge in [-0.3, -0.25) is 9.78 Å². The Morgan fingerprint density at radius 1 is 1.35 bits per heavy atom.